The van der Waals surface area contributed by atoms with Crippen molar-refractivity contribution in [1.29, 1.82) is 5.26 Å². The summed E-state index contributed by atoms with van der Waals surface area (Å²) >= 11 is 17.4. The maximum atomic E-state index is 14.2. The Kier molecular flexibility index (Phi) is 29.4. The lowest BCUT2D eigenvalue weighted by molar-refractivity contribution is -0.146. The molecular weight excluding hydrogens is 1490 g/mol. The number of nitrogens with two attached hydrogens (primary N) is 1. The number of Topliss-reactive ketones (excluding diaryl/α,β-unsaturated/α-hetero) is 3. The van der Waals surface area contributed by atoms with Gasteiger partial charge < -0.3 is 41.1 Å². The fourth-order valence-corrected chi connectivity index (χ4v) is 15.9. The van der Waals surface area contributed by atoms with Crippen molar-refractivity contribution in [2.75, 3.05) is 26.7 Å². The van der Waals surface area contributed by atoms with Gasteiger partial charge in [0.2, 0.25) is 41.4 Å². The van der Waals surface area contributed by atoms with E-state index in [1.165, 1.54) is 101 Å². The molecule has 3 saturated carbocycles. The largest absolute Gasteiger partial charge is 0.467 e. The van der Waals surface area contributed by atoms with Crippen LogP contribution in [0, 0.1) is 46.5 Å². The van der Waals surface area contributed by atoms with Gasteiger partial charge in [-0.05, 0) is 148 Å². The molecule has 0 unspecified atom stereocenters. The number of carbonyl (C=O) groups is 11. The molecule has 0 bridgehead atoms. The molecule has 5 N–H and O–H groups in total. The lowest BCUT2D eigenvalue weighted by Gasteiger charge is -2.25. The summed E-state index contributed by atoms with van der Waals surface area (Å²) in [7, 11) is 1.23. The third kappa shape index (κ3) is 22.4. The average Bonchev–Trinajstić information content (AvgIpc) is 1.67. The molecule has 6 aliphatic rings. The first-order valence-electron chi connectivity index (χ1n) is 37.1. The van der Waals surface area contributed by atoms with Crippen molar-refractivity contribution in [3.8, 4) is 6.07 Å². The zero-order valence-electron chi connectivity index (χ0n) is 61.0. The Hall–Kier alpha value is -10.5. The van der Waals surface area contributed by atoms with E-state index in [1.54, 1.807) is 0 Å². The molecule has 0 aromatic heterocycles. The zero-order chi connectivity index (χ0) is 79.4. The van der Waals surface area contributed by atoms with Crippen LogP contribution < -0.4 is 21.7 Å². The average molecular weight is 1580 g/mol. The number of hydrogen-bond donors (Lipinski definition) is 4. The predicted octanol–water partition coefficient (Wildman–Crippen LogP) is 12.5. The molecule has 12 atom stereocenters. The van der Waals surface area contributed by atoms with Gasteiger partial charge in [0.05, 0.1) is 13.2 Å². The number of likely N-dealkylation sites (tertiary alicyclic amines) is 3. The number of hydrogen-bond acceptors (Lipinski definition) is 13. The monoisotopic (exact) mass is 1570 g/mol. The maximum absolute atomic E-state index is 14.2. The number of rotatable bonds is 23. The number of benzene rings is 6. The van der Waals surface area contributed by atoms with E-state index in [2.05, 4.69) is 22.0 Å². The Morgan fingerprint density at radius 2 is 0.802 bits per heavy atom. The quantitative estimate of drug-likeness (QED) is 0.0343. The first kappa shape index (κ1) is 82.9. The maximum Gasteiger partial charge on any atom is 0.328 e. The van der Waals surface area contributed by atoms with Crippen LogP contribution in [-0.2, 0) is 57.5 Å². The Balaban J connectivity index is 0.000000177. The summed E-state index contributed by atoms with van der Waals surface area (Å²) in [6, 6.07) is 37.9. The van der Waals surface area contributed by atoms with Gasteiger partial charge in [-0.2, -0.15) is 5.26 Å². The molecule has 3 heterocycles. The Morgan fingerprint density at radius 3 is 1.10 bits per heavy atom. The lowest BCUT2D eigenvalue weighted by atomic mass is 9.95. The summed E-state index contributed by atoms with van der Waals surface area (Å²) < 4.78 is 47.5. The Bertz CT molecular complexity index is 4570. The number of esters is 1. The van der Waals surface area contributed by atoms with Crippen LogP contribution in [0.25, 0.3) is 18.2 Å². The Labute approximate surface area is 656 Å². The molecule has 6 aromatic carbocycles. The van der Waals surface area contributed by atoms with E-state index < -0.39 is 101 Å². The van der Waals surface area contributed by atoms with E-state index in [9.17, 15) is 71.2 Å². The second kappa shape index (κ2) is 39.4. The number of primary amides is 1. The van der Waals surface area contributed by atoms with Crippen molar-refractivity contribution < 1.29 is 70.6 Å². The third-order valence-electron chi connectivity index (χ3n) is 21.4. The summed E-state index contributed by atoms with van der Waals surface area (Å²) in [6.45, 7) is 0.863. The van der Waals surface area contributed by atoms with E-state index in [1.807, 2.05) is 91.0 Å². The van der Waals surface area contributed by atoms with E-state index in [-0.39, 0.29) is 117 Å². The first-order chi connectivity index (χ1) is 53.3. The van der Waals surface area contributed by atoms with Gasteiger partial charge in [0.15, 0.2) is 0 Å². The Morgan fingerprint density at radius 1 is 0.486 bits per heavy atom. The van der Waals surface area contributed by atoms with Crippen LogP contribution in [0.5, 0.6) is 0 Å². The molecule has 580 valence electrons. The molecule has 111 heavy (non-hydrogen) atoms. The van der Waals surface area contributed by atoms with E-state index in [0.717, 1.165) is 54.5 Å². The van der Waals surface area contributed by atoms with Gasteiger partial charge in [0.25, 0.3) is 0 Å². The molecule has 3 aliphatic carbocycles. The van der Waals surface area contributed by atoms with Crippen molar-refractivity contribution in [3.63, 3.8) is 0 Å². The highest BCUT2D eigenvalue weighted by atomic mass is 35.5. The number of amides is 7. The molecule has 0 radical (unpaired) electrons. The molecule has 12 rings (SSSR count). The highest BCUT2D eigenvalue weighted by molar-refractivity contribution is 6.31. The highest BCUT2D eigenvalue weighted by Crippen LogP contribution is 2.37. The minimum atomic E-state index is -1.01. The van der Waals surface area contributed by atoms with Crippen LogP contribution in [0.4, 0.5) is 13.2 Å². The molecule has 0 spiro atoms. The topological polar surface area (TPSA) is 293 Å². The van der Waals surface area contributed by atoms with Crippen LogP contribution in [0.3, 0.4) is 0 Å². The standard InChI is InChI=1S/C29H30ClFN2O5.C28H29ClFN3O4.C28H27ClFN3O3/c1-38-29(37)24(14-20-8-5-9-26(20)34)32-28(36)25-15-21(18-6-3-2-4-7-18)17-33(25)27(35)13-11-19-10-12-22(30)16-23(19)31;29-21-11-9-18(22(30)15-21)10-12-26(35)33-16-20(17-5-2-1-3-6-17)14-24(33)28(37)32-23(27(31)36)13-19-7-4-8-25(19)34;29-22-11-9-19(24(30)15-22)10-12-27(35)33-17-21(18-5-2-1-3-6-18)14-25(33)28(36)32-23(16-31)13-20-7-4-8-26(20)34/h2-4,6-7,10-13,16,20-21,24-25H,5,8-9,14-15,17H2,1H3,(H,32,36);1-3,5-6,9-12,15,19-20,23-24H,4,7-8,13-14,16H2,(H2,31,36)(H,32,37);1-3,5-6,9-12,15,20-21,23,25H,4,7-8,13-14,17H2,(H,32,36)/b13-11+;2*12-10+/t20-,21+,24-,25-;19-,20+,23-,24-;20-,21+,23-,25-/m000/s1. The van der Waals surface area contributed by atoms with Crippen LogP contribution in [0.15, 0.2) is 164 Å². The van der Waals surface area contributed by atoms with Gasteiger partial charge in [-0.25, -0.2) is 18.0 Å². The number of methoxy groups -OCH3 is 1. The van der Waals surface area contributed by atoms with Crippen molar-refractivity contribution in [2.45, 2.75) is 150 Å². The molecule has 26 heteroatoms. The number of nitriles is 1. The normalized spacial score (nSPS) is 22.3. The molecule has 7 amide bonds. The molecule has 6 aromatic rings. The zero-order valence-corrected chi connectivity index (χ0v) is 63.3. The van der Waals surface area contributed by atoms with Crippen molar-refractivity contribution in [1.82, 2.24) is 30.7 Å². The summed E-state index contributed by atoms with van der Waals surface area (Å²) in [6.07, 6.45) is 15.3. The summed E-state index contributed by atoms with van der Waals surface area (Å²) in [5.74, 6) is -6.66. The number of ether oxygens (including phenoxy) is 1. The van der Waals surface area contributed by atoms with Gasteiger partial charge in [-0.15, -0.1) is 0 Å². The number of carbonyl (C=O) groups excluding carboxylic acids is 11. The van der Waals surface area contributed by atoms with Gasteiger partial charge in [0, 0.05) is 124 Å². The van der Waals surface area contributed by atoms with Gasteiger partial charge in [-0.1, -0.05) is 144 Å². The van der Waals surface area contributed by atoms with Crippen molar-refractivity contribution in [2.24, 2.45) is 23.5 Å². The summed E-state index contributed by atoms with van der Waals surface area (Å²) in [5.41, 5.74) is 9.10. The molecule has 3 aliphatic heterocycles. The highest BCUT2D eigenvalue weighted by Gasteiger charge is 2.45. The molecule has 6 fully saturated rings. The van der Waals surface area contributed by atoms with Crippen molar-refractivity contribution in [3.05, 3.63) is 230 Å². The van der Waals surface area contributed by atoms with E-state index in [4.69, 9.17) is 45.3 Å². The number of nitrogens with one attached hydrogen (secondary N) is 3. The summed E-state index contributed by atoms with van der Waals surface area (Å²) in [4.78, 5) is 145. The molecular formula is C85H86Cl3F3N8O12. The SMILES string of the molecule is COC(=O)[C@H](C[C@@H]1CCCC1=O)NC(=O)[C@@H]1C[C@@H](c2ccccc2)CN1C(=O)/C=C/c1ccc(Cl)cc1F.N#C[C@H](C[C@@H]1CCCC1=O)NC(=O)[C@@H]1C[C@@H](c2ccccc2)CN1C(=O)/C=C/c1ccc(Cl)cc1F.NC(=O)[C@H](C[C@@H]1CCCC1=O)NC(=O)[C@@H]1C[C@@H](c2ccccc2)CN1C(=O)/C=C/c1ccc(Cl)cc1F. The minimum absolute atomic E-state index is 0.0662. The van der Waals surface area contributed by atoms with Crippen LogP contribution >= 0.6 is 34.8 Å². The number of ketones is 3. The fraction of sp³-hybridized carbons (Fsp3) is 0.365. The van der Waals surface area contributed by atoms with E-state index >= 15 is 0 Å². The smallest absolute Gasteiger partial charge is 0.328 e. The first-order valence-corrected chi connectivity index (χ1v) is 38.2. The van der Waals surface area contributed by atoms with Gasteiger partial charge >= 0.3 is 5.97 Å². The molecule has 3 saturated heterocycles. The second-order valence-electron chi connectivity index (χ2n) is 28.7. The van der Waals surface area contributed by atoms with Crippen LogP contribution in [-0.4, -0.2) is 142 Å². The third-order valence-corrected chi connectivity index (χ3v) is 22.1. The number of nitrogens with zero attached hydrogens (tertiary/aromatic N) is 4. The van der Waals surface area contributed by atoms with Gasteiger partial charge in [-0.3, -0.25) is 47.9 Å². The lowest BCUT2D eigenvalue weighted by Crippen LogP contribution is -2.52. The second-order valence-corrected chi connectivity index (χ2v) is 30.0. The van der Waals surface area contributed by atoms with Crippen LogP contribution in [0.1, 0.15) is 147 Å². The van der Waals surface area contributed by atoms with Crippen molar-refractivity contribution >= 4 is 118 Å². The minimum Gasteiger partial charge on any atom is -0.467 e. The fourth-order valence-electron chi connectivity index (χ4n) is 15.4. The summed E-state index contributed by atoms with van der Waals surface area (Å²) in [5, 5.41) is 18.5. The predicted molar refractivity (Wildman–Crippen MR) is 413 cm³/mol. The van der Waals surface area contributed by atoms with Gasteiger partial charge in [0.1, 0.15) is 71.1 Å². The number of halogens is 6. The van der Waals surface area contributed by atoms with E-state index in [0.29, 0.717) is 57.9 Å². The van der Waals surface area contributed by atoms with Crippen LogP contribution in [0.2, 0.25) is 15.1 Å². The molecule has 20 nitrogen and oxygen atoms in total.